The van der Waals surface area contributed by atoms with E-state index in [2.05, 4.69) is 5.10 Å². The maximum Gasteiger partial charge on any atom is 0.339 e. The number of carboxylic acid groups (broad SMARTS) is 1. The van der Waals surface area contributed by atoms with Crippen molar-refractivity contribution in [3.05, 3.63) is 77.4 Å². The smallest absolute Gasteiger partial charge is 0.339 e. The Bertz CT molecular complexity index is 1360. The minimum atomic E-state index is -1.05. The first-order chi connectivity index (χ1) is 17.8. The fourth-order valence-corrected chi connectivity index (χ4v) is 5.05. The molecule has 1 amide bonds. The van der Waals surface area contributed by atoms with Crippen LogP contribution in [0.2, 0.25) is 0 Å². The second kappa shape index (κ2) is 10.1. The Morgan fingerprint density at radius 1 is 1.14 bits per heavy atom. The first-order valence-corrected chi connectivity index (χ1v) is 12.5. The second-order valence-electron chi connectivity index (χ2n) is 9.72. The Kier molecular flexibility index (Phi) is 6.66. The summed E-state index contributed by atoms with van der Waals surface area (Å²) in [5.74, 6) is 5.04. The molecule has 0 spiro atoms. The maximum atomic E-state index is 13.0. The Morgan fingerprint density at radius 2 is 1.89 bits per heavy atom. The van der Waals surface area contributed by atoms with Crippen molar-refractivity contribution in [3.63, 3.8) is 0 Å². The van der Waals surface area contributed by atoms with Crippen LogP contribution in [0, 0.1) is 5.92 Å². The molecule has 37 heavy (non-hydrogen) atoms. The summed E-state index contributed by atoms with van der Waals surface area (Å²) in [6.07, 6.45) is 6.92. The van der Waals surface area contributed by atoms with Gasteiger partial charge in [0.15, 0.2) is 5.82 Å². The Labute approximate surface area is 215 Å². The third-order valence-electron chi connectivity index (χ3n) is 6.96. The zero-order valence-corrected chi connectivity index (χ0v) is 20.7. The molecule has 10 heteroatoms. The maximum absolute atomic E-state index is 13.0. The van der Waals surface area contributed by atoms with Gasteiger partial charge in [-0.05, 0) is 49.9 Å². The number of carbonyl (C=O) groups excluding carboxylic acids is 1. The molecule has 2 aliphatic rings. The average molecular weight is 502 g/mol. The van der Waals surface area contributed by atoms with Gasteiger partial charge in [-0.15, -0.1) is 0 Å². The largest absolute Gasteiger partial charge is 0.478 e. The van der Waals surface area contributed by atoms with Crippen molar-refractivity contribution in [1.29, 1.82) is 0 Å². The molecule has 2 unspecified atom stereocenters. The third kappa shape index (κ3) is 5.05. The number of allylic oxidation sites excluding steroid dienone is 1. The lowest BCUT2D eigenvalue weighted by Crippen LogP contribution is -2.35. The molecule has 1 aliphatic carbocycles. The summed E-state index contributed by atoms with van der Waals surface area (Å²) in [6.45, 7) is 1.57. The van der Waals surface area contributed by atoms with Crippen LogP contribution >= 0.6 is 0 Å². The molecule has 1 saturated heterocycles. The van der Waals surface area contributed by atoms with Crippen LogP contribution in [-0.2, 0) is 0 Å². The molecule has 10 nitrogen and oxygen atoms in total. The Balaban J connectivity index is 1.47. The van der Waals surface area contributed by atoms with Crippen molar-refractivity contribution >= 4 is 11.9 Å². The molecule has 5 N–H and O–H groups in total. The van der Waals surface area contributed by atoms with Crippen LogP contribution in [0.15, 0.2) is 60.6 Å². The van der Waals surface area contributed by atoms with E-state index in [1.165, 1.54) is 11.2 Å². The predicted molar refractivity (Wildman–Crippen MR) is 139 cm³/mol. The van der Waals surface area contributed by atoms with Crippen LogP contribution < -0.4 is 11.6 Å². The molecular formula is C27H31N7O3. The molecule has 1 aromatic carbocycles. The van der Waals surface area contributed by atoms with Gasteiger partial charge in [-0.1, -0.05) is 18.2 Å². The van der Waals surface area contributed by atoms with Crippen LogP contribution in [0.1, 0.15) is 58.0 Å². The number of nitrogens with zero attached hydrogens (tertiary/aromatic N) is 5. The molecule has 0 bridgehead atoms. The van der Waals surface area contributed by atoms with Gasteiger partial charge in [0.1, 0.15) is 5.56 Å². The lowest BCUT2D eigenvalue weighted by molar-refractivity contribution is 0.0693. The van der Waals surface area contributed by atoms with Crippen molar-refractivity contribution in [2.45, 2.75) is 31.6 Å². The van der Waals surface area contributed by atoms with E-state index < -0.39 is 5.97 Å². The van der Waals surface area contributed by atoms with Crippen molar-refractivity contribution in [1.82, 2.24) is 24.7 Å². The van der Waals surface area contributed by atoms with Gasteiger partial charge < -0.3 is 20.7 Å². The number of carbonyl (C=O) groups is 2. The van der Waals surface area contributed by atoms with Gasteiger partial charge in [0.2, 0.25) is 0 Å². The summed E-state index contributed by atoms with van der Waals surface area (Å²) in [5.41, 5.74) is 9.59. The lowest BCUT2D eigenvalue weighted by atomic mass is 10.0. The number of aromatic carboxylic acids is 1. The lowest BCUT2D eigenvalue weighted by Gasteiger charge is -2.26. The summed E-state index contributed by atoms with van der Waals surface area (Å²) in [7, 11) is 1.68. The second-order valence-corrected chi connectivity index (χ2v) is 9.72. The van der Waals surface area contributed by atoms with Gasteiger partial charge in [0, 0.05) is 55.0 Å². The normalized spacial score (nSPS) is 19.5. The molecule has 1 saturated carbocycles. The number of nitrogens with two attached hydrogens (primary N) is 2. The molecule has 0 radical (unpaired) electrons. The highest BCUT2D eigenvalue weighted by Crippen LogP contribution is 2.51. The third-order valence-corrected chi connectivity index (χ3v) is 6.96. The van der Waals surface area contributed by atoms with Crippen molar-refractivity contribution in [2.24, 2.45) is 17.5 Å². The van der Waals surface area contributed by atoms with Gasteiger partial charge in [0.05, 0.1) is 17.6 Å². The molecule has 192 valence electrons. The Morgan fingerprint density at radius 3 is 2.62 bits per heavy atom. The highest BCUT2D eigenvalue weighted by Gasteiger charge is 2.45. The van der Waals surface area contributed by atoms with Crippen LogP contribution in [0.25, 0.3) is 17.1 Å². The number of aromatic nitrogens is 3. The van der Waals surface area contributed by atoms with E-state index >= 15 is 0 Å². The number of rotatable bonds is 7. The van der Waals surface area contributed by atoms with Gasteiger partial charge in [-0.3, -0.25) is 4.79 Å². The number of hydrogen-bond donors (Lipinski definition) is 3. The Hall–Kier alpha value is -4.18. The van der Waals surface area contributed by atoms with E-state index in [-0.39, 0.29) is 23.3 Å². The predicted octanol–water partition coefficient (Wildman–Crippen LogP) is 2.97. The average Bonchev–Trinajstić information content (AvgIpc) is 3.58. The van der Waals surface area contributed by atoms with Gasteiger partial charge >= 0.3 is 5.97 Å². The van der Waals surface area contributed by atoms with E-state index in [1.807, 2.05) is 41.3 Å². The molecule has 1 aliphatic heterocycles. The standard InChI is InChI=1S/C27H31N7O3/c1-32(29)16-22(28)19-14-20(19)25-21(27(36)37)15-30-34(25)24-10-6-9-23(31-24)17-7-5-8-18(13-17)26(35)33-11-3-2-4-12-33/h5-10,13,15-16,19-20H,2-4,11-12,14,28-29H2,1H3,(H,36,37)/b22-16-. The first kappa shape index (κ1) is 24.5. The van der Waals surface area contributed by atoms with Gasteiger partial charge in [0.25, 0.3) is 5.91 Å². The number of piperidine rings is 1. The first-order valence-electron chi connectivity index (χ1n) is 12.5. The van der Waals surface area contributed by atoms with Crippen molar-refractivity contribution in [2.75, 3.05) is 20.1 Å². The van der Waals surface area contributed by atoms with Crippen LogP contribution in [0.3, 0.4) is 0 Å². The van der Waals surface area contributed by atoms with Crippen LogP contribution in [0.4, 0.5) is 0 Å². The fraction of sp³-hybridized carbons (Fsp3) is 0.333. The van der Waals surface area contributed by atoms with Crippen molar-refractivity contribution in [3.8, 4) is 17.1 Å². The summed E-state index contributed by atoms with van der Waals surface area (Å²) in [4.78, 5) is 31.7. The number of benzene rings is 1. The molecular weight excluding hydrogens is 470 g/mol. The highest BCUT2D eigenvalue weighted by molar-refractivity contribution is 5.95. The molecule has 2 aromatic heterocycles. The molecule has 3 heterocycles. The highest BCUT2D eigenvalue weighted by atomic mass is 16.4. The summed E-state index contributed by atoms with van der Waals surface area (Å²) >= 11 is 0. The minimum Gasteiger partial charge on any atom is -0.478 e. The monoisotopic (exact) mass is 501 g/mol. The number of carboxylic acids is 1. The van der Waals surface area contributed by atoms with E-state index in [1.54, 1.807) is 24.0 Å². The summed E-state index contributed by atoms with van der Waals surface area (Å²) in [6, 6.07) is 13.0. The minimum absolute atomic E-state index is 0.0276. The number of hydrogen-bond acceptors (Lipinski definition) is 7. The number of likely N-dealkylation sites (tertiary alicyclic amines) is 1. The molecule has 2 atom stereocenters. The zero-order chi connectivity index (χ0) is 26.1. The number of hydrazine groups is 1. The van der Waals surface area contributed by atoms with E-state index in [9.17, 15) is 14.7 Å². The summed E-state index contributed by atoms with van der Waals surface area (Å²) in [5, 5.41) is 15.6. The molecule has 2 fully saturated rings. The van der Waals surface area contributed by atoms with Gasteiger partial charge in [-0.2, -0.15) is 5.10 Å². The summed E-state index contributed by atoms with van der Waals surface area (Å²) < 4.78 is 1.58. The van der Waals surface area contributed by atoms with Crippen molar-refractivity contribution < 1.29 is 14.7 Å². The van der Waals surface area contributed by atoms with E-state index in [0.717, 1.165) is 37.9 Å². The fourth-order valence-electron chi connectivity index (χ4n) is 5.05. The van der Waals surface area contributed by atoms with Crippen LogP contribution in [-0.4, -0.2) is 61.8 Å². The zero-order valence-electron chi connectivity index (χ0n) is 20.7. The molecule has 5 rings (SSSR count). The van der Waals surface area contributed by atoms with E-state index in [4.69, 9.17) is 16.6 Å². The number of pyridine rings is 1. The van der Waals surface area contributed by atoms with E-state index in [0.29, 0.717) is 34.9 Å². The van der Waals surface area contributed by atoms with Gasteiger partial charge in [-0.25, -0.2) is 20.3 Å². The quantitative estimate of drug-likeness (QED) is 0.331. The SMILES string of the molecule is CN(N)/C=C(\N)C1CC1c1c(C(=O)O)cnn1-c1cccc(-c2cccc(C(=O)N3CCCCC3)c2)n1. The van der Waals surface area contributed by atoms with Crippen LogP contribution in [0.5, 0.6) is 0 Å². The number of amides is 1. The molecule has 3 aromatic rings. The topological polar surface area (TPSA) is 144 Å².